The van der Waals surface area contributed by atoms with Crippen LogP contribution < -0.4 is 0 Å². The highest BCUT2D eigenvalue weighted by molar-refractivity contribution is 7.99. The highest BCUT2D eigenvalue weighted by Crippen LogP contribution is 2.28. The first-order chi connectivity index (χ1) is 7.74. The highest BCUT2D eigenvalue weighted by atomic mass is 32.2. The summed E-state index contributed by atoms with van der Waals surface area (Å²) >= 11 is 3.85. The van der Waals surface area contributed by atoms with Crippen molar-refractivity contribution in [1.82, 2.24) is 4.98 Å². The van der Waals surface area contributed by atoms with Crippen LogP contribution in [-0.4, -0.2) is 27.2 Å². The summed E-state index contributed by atoms with van der Waals surface area (Å²) in [5.41, 5.74) is 1.05. The maximum Gasteiger partial charge on any atom is 0.0939 e. The zero-order chi connectivity index (χ0) is 11.4. The lowest BCUT2D eigenvalue weighted by Crippen LogP contribution is -2.12. The van der Waals surface area contributed by atoms with Gasteiger partial charge in [0.2, 0.25) is 0 Å². The molecule has 1 fully saturated rings. The summed E-state index contributed by atoms with van der Waals surface area (Å²) in [7, 11) is 0. The van der Waals surface area contributed by atoms with E-state index in [0.717, 1.165) is 17.4 Å². The van der Waals surface area contributed by atoms with E-state index in [1.165, 1.54) is 30.0 Å². The lowest BCUT2D eigenvalue weighted by atomic mass is 10.1. The number of thioether (sulfide) groups is 1. The van der Waals surface area contributed by atoms with Crippen molar-refractivity contribution >= 4 is 23.1 Å². The molecule has 1 aliphatic heterocycles. The molecule has 2 unspecified atom stereocenters. The van der Waals surface area contributed by atoms with Gasteiger partial charge in [0, 0.05) is 23.5 Å². The van der Waals surface area contributed by atoms with Gasteiger partial charge in [0.25, 0.3) is 0 Å². The first-order valence-corrected chi connectivity index (χ1v) is 7.90. The molecule has 0 radical (unpaired) electrons. The monoisotopic (exact) mass is 257 g/mol. The summed E-state index contributed by atoms with van der Waals surface area (Å²) in [5.74, 6) is 1.32. The van der Waals surface area contributed by atoms with Gasteiger partial charge < -0.3 is 5.11 Å². The van der Waals surface area contributed by atoms with Gasteiger partial charge in [-0.2, -0.15) is 11.8 Å². The molecule has 4 heteroatoms. The van der Waals surface area contributed by atoms with Crippen LogP contribution in [0.2, 0.25) is 0 Å². The van der Waals surface area contributed by atoms with E-state index < -0.39 is 0 Å². The fraction of sp³-hybridized carbons (Fsp3) is 0.750. The fourth-order valence-electron chi connectivity index (χ4n) is 2.00. The molecule has 1 N–H and O–H groups in total. The van der Waals surface area contributed by atoms with Crippen molar-refractivity contribution in [3.05, 3.63) is 16.1 Å². The quantitative estimate of drug-likeness (QED) is 0.900. The minimum Gasteiger partial charge on any atom is -0.393 e. The van der Waals surface area contributed by atoms with Gasteiger partial charge in [-0.3, -0.25) is 0 Å². The molecule has 2 nitrogen and oxygen atoms in total. The fourth-order valence-corrected chi connectivity index (χ4v) is 4.31. The van der Waals surface area contributed by atoms with Crippen LogP contribution in [0.3, 0.4) is 0 Å². The van der Waals surface area contributed by atoms with Gasteiger partial charge >= 0.3 is 0 Å². The maximum atomic E-state index is 9.30. The Bertz CT molecular complexity index is 319. The Morgan fingerprint density at radius 3 is 3.12 bits per heavy atom. The summed E-state index contributed by atoms with van der Waals surface area (Å²) < 4.78 is 0. The van der Waals surface area contributed by atoms with Crippen molar-refractivity contribution in [2.24, 2.45) is 0 Å². The first-order valence-electron chi connectivity index (χ1n) is 5.97. The van der Waals surface area contributed by atoms with E-state index in [4.69, 9.17) is 0 Å². The van der Waals surface area contributed by atoms with Crippen LogP contribution in [0.4, 0.5) is 0 Å². The molecule has 1 aliphatic rings. The number of hydrogen-bond donors (Lipinski definition) is 1. The molecule has 0 bridgehead atoms. The van der Waals surface area contributed by atoms with Gasteiger partial charge in [-0.1, -0.05) is 6.42 Å². The Balaban J connectivity index is 1.86. The molecule has 1 aromatic rings. The summed E-state index contributed by atoms with van der Waals surface area (Å²) in [5, 5.41) is 13.4. The molecule has 1 aromatic heterocycles. The van der Waals surface area contributed by atoms with Crippen LogP contribution in [0.1, 0.15) is 36.9 Å². The number of aliphatic hydroxyl groups excluding tert-OH is 1. The third-order valence-electron chi connectivity index (χ3n) is 2.78. The molecule has 2 heterocycles. The predicted octanol–water partition coefficient (Wildman–Crippen LogP) is 2.89. The first kappa shape index (κ1) is 12.4. The van der Waals surface area contributed by atoms with Crippen LogP contribution in [0.5, 0.6) is 0 Å². The number of nitrogens with zero attached hydrogens (tertiary/aromatic N) is 1. The number of aromatic nitrogens is 1. The molecule has 2 atom stereocenters. The molecule has 90 valence electrons. The van der Waals surface area contributed by atoms with Crippen LogP contribution in [0, 0.1) is 0 Å². The molecule has 16 heavy (non-hydrogen) atoms. The summed E-state index contributed by atoms with van der Waals surface area (Å²) in [6, 6.07) is 0. The summed E-state index contributed by atoms with van der Waals surface area (Å²) in [4.78, 5) is 4.59. The molecule has 0 aromatic carbocycles. The molecule has 0 amide bonds. The third-order valence-corrected chi connectivity index (χ3v) is 5.10. The Morgan fingerprint density at radius 1 is 1.56 bits per heavy atom. The van der Waals surface area contributed by atoms with Crippen LogP contribution >= 0.6 is 23.1 Å². The van der Waals surface area contributed by atoms with Crippen molar-refractivity contribution in [1.29, 1.82) is 0 Å². The van der Waals surface area contributed by atoms with Crippen molar-refractivity contribution in [3.63, 3.8) is 0 Å². The molecular weight excluding hydrogens is 238 g/mol. The van der Waals surface area contributed by atoms with Crippen LogP contribution in [0.25, 0.3) is 0 Å². The summed E-state index contributed by atoms with van der Waals surface area (Å²) in [6.45, 7) is 1.82. The second-order valence-electron chi connectivity index (χ2n) is 4.48. The number of hydrogen-bond acceptors (Lipinski definition) is 4. The second kappa shape index (κ2) is 6.03. The van der Waals surface area contributed by atoms with Gasteiger partial charge in [-0.25, -0.2) is 4.98 Å². The van der Waals surface area contributed by atoms with Gasteiger partial charge in [-0.05, 0) is 25.5 Å². The van der Waals surface area contributed by atoms with Crippen LogP contribution in [0.15, 0.2) is 5.38 Å². The van der Waals surface area contributed by atoms with Crippen molar-refractivity contribution in [2.75, 3.05) is 5.75 Å². The Labute approximate surface area is 105 Å². The van der Waals surface area contributed by atoms with E-state index in [9.17, 15) is 5.11 Å². The lowest BCUT2D eigenvalue weighted by molar-refractivity contribution is 0.194. The van der Waals surface area contributed by atoms with Crippen molar-refractivity contribution < 1.29 is 5.11 Å². The second-order valence-corrected chi connectivity index (χ2v) is 6.83. The Hall–Kier alpha value is -0.0600. The normalized spacial score (nSPS) is 23.2. The predicted molar refractivity (Wildman–Crippen MR) is 71.3 cm³/mol. The van der Waals surface area contributed by atoms with E-state index in [1.807, 2.05) is 6.92 Å². The van der Waals surface area contributed by atoms with Crippen LogP contribution in [-0.2, 0) is 12.8 Å². The molecule has 0 saturated carbocycles. The number of aliphatic hydroxyl groups is 1. The summed E-state index contributed by atoms with van der Waals surface area (Å²) in [6.07, 6.45) is 5.63. The van der Waals surface area contributed by atoms with Gasteiger partial charge in [-0.15, -0.1) is 11.3 Å². The average molecular weight is 257 g/mol. The highest BCUT2D eigenvalue weighted by Gasteiger charge is 2.16. The Morgan fingerprint density at radius 2 is 2.44 bits per heavy atom. The van der Waals surface area contributed by atoms with Crippen molar-refractivity contribution in [2.45, 2.75) is 50.4 Å². The molecule has 0 aliphatic carbocycles. The van der Waals surface area contributed by atoms with E-state index in [2.05, 4.69) is 22.1 Å². The third kappa shape index (κ3) is 3.75. The van der Waals surface area contributed by atoms with Crippen molar-refractivity contribution in [3.8, 4) is 0 Å². The van der Waals surface area contributed by atoms with E-state index >= 15 is 0 Å². The Kier molecular flexibility index (Phi) is 4.67. The molecular formula is C12H19NOS2. The van der Waals surface area contributed by atoms with E-state index in [1.54, 1.807) is 11.3 Å². The standard InChI is InChI=1S/C12H19NOS2/c1-9(14)6-10-8-16-12(13-10)7-11-4-2-3-5-15-11/h8-9,11,14H,2-7H2,1H3. The molecule has 1 saturated heterocycles. The van der Waals surface area contributed by atoms with Gasteiger partial charge in [0.05, 0.1) is 16.8 Å². The van der Waals surface area contributed by atoms with E-state index in [-0.39, 0.29) is 6.10 Å². The van der Waals surface area contributed by atoms with E-state index in [0.29, 0.717) is 6.42 Å². The number of rotatable bonds is 4. The average Bonchev–Trinajstić information content (AvgIpc) is 2.66. The van der Waals surface area contributed by atoms with Gasteiger partial charge in [0.1, 0.15) is 0 Å². The zero-order valence-electron chi connectivity index (χ0n) is 9.69. The lowest BCUT2D eigenvalue weighted by Gasteiger charge is -2.19. The largest absolute Gasteiger partial charge is 0.393 e. The topological polar surface area (TPSA) is 33.1 Å². The maximum absolute atomic E-state index is 9.30. The smallest absolute Gasteiger partial charge is 0.0939 e. The minimum absolute atomic E-state index is 0.279. The molecule has 2 rings (SSSR count). The SMILES string of the molecule is CC(O)Cc1csc(CC2CCCCS2)n1. The molecule has 0 spiro atoms. The zero-order valence-corrected chi connectivity index (χ0v) is 11.3. The number of thiazole rings is 1. The van der Waals surface area contributed by atoms with Gasteiger partial charge in [0.15, 0.2) is 0 Å². The minimum atomic E-state index is -0.279.